The van der Waals surface area contributed by atoms with Crippen molar-refractivity contribution in [2.45, 2.75) is 59.9 Å². The molecular weight excluding hydrogens is 414 g/mol. The average Bonchev–Trinajstić information content (AvgIpc) is 2.97. The number of hydrogen-bond donors (Lipinski definition) is 1. The standard InChI is InChI=1S/C24H32ClN3OS/c1-7-8-13-27-22(29)14-21(16(3)26-6)28-24(19-9-11-20(25)12-10-19)23-15(2)17(4)30-18(23)5/h9-12,21H,7-8,13-14H2,1-6H3,(H,27,29)/t21-/m0/s1. The lowest BCUT2D eigenvalue weighted by molar-refractivity contribution is -0.121. The molecule has 0 fully saturated rings. The summed E-state index contributed by atoms with van der Waals surface area (Å²) in [5, 5.41) is 3.69. The highest BCUT2D eigenvalue weighted by atomic mass is 35.5. The molecule has 1 atom stereocenters. The van der Waals surface area contributed by atoms with Gasteiger partial charge in [-0.1, -0.05) is 37.1 Å². The van der Waals surface area contributed by atoms with Crippen molar-refractivity contribution in [2.75, 3.05) is 13.6 Å². The molecule has 0 aliphatic heterocycles. The third kappa shape index (κ3) is 6.26. The van der Waals surface area contributed by atoms with Crippen molar-refractivity contribution >= 4 is 40.3 Å². The van der Waals surface area contributed by atoms with E-state index < -0.39 is 0 Å². The number of aryl methyl sites for hydroxylation is 2. The lowest BCUT2D eigenvalue weighted by atomic mass is 9.97. The van der Waals surface area contributed by atoms with Gasteiger partial charge >= 0.3 is 0 Å². The van der Waals surface area contributed by atoms with Crippen LogP contribution in [0.5, 0.6) is 0 Å². The summed E-state index contributed by atoms with van der Waals surface area (Å²) in [6, 6.07) is 7.42. The number of carbonyl (C=O) groups excluding carboxylic acids is 1. The Bertz CT molecular complexity index is 929. The number of carbonyl (C=O) groups is 1. The third-order valence-corrected chi connectivity index (χ3v) is 6.64. The Kier molecular flexibility index (Phi) is 9.25. The zero-order valence-corrected chi connectivity index (χ0v) is 20.4. The Balaban J connectivity index is 2.52. The zero-order chi connectivity index (χ0) is 22.3. The van der Waals surface area contributed by atoms with E-state index in [0.29, 0.717) is 11.6 Å². The van der Waals surface area contributed by atoms with E-state index in [1.165, 1.54) is 15.3 Å². The lowest BCUT2D eigenvalue weighted by Gasteiger charge is -2.17. The minimum Gasteiger partial charge on any atom is -0.356 e. The number of benzene rings is 1. The Morgan fingerprint density at radius 2 is 1.83 bits per heavy atom. The van der Waals surface area contributed by atoms with Crippen LogP contribution in [-0.2, 0) is 4.79 Å². The van der Waals surface area contributed by atoms with Crippen molar-refractivity contribution in [1.82, 2.24) is 5.32 Å². The van der Waals surface area contributed by atoms with Crippen LogP contribution >= 0.6 is 22.9 Å². The Morgan fingerprint density at radius 1 is 1.17 bits per heavy atom. The second kappa shape index (κ2) is 11.4. The first-order chi connectivity index (χ1) is 14.3. The van der Waals surface area contributed by atoms with Crippen LogP contribution < -0.4 is 5.32 Å². The molecule has 6 heteroatoms. The number of unbranched alkanes of at least 4 members (excludes halogenated alkanes) is 1. The van der Waals surface area contributed by atoms with Gasteiger partial charge in [-0.05, 0) is 51.8 Å². The fourth-order valence-electron chi connectivity index (χ4n) is 3.28. The summed E-state index contributed by atoms with van der Waals surface area (Å²) >= 11 is 7.90. The van der Waals surface area contributed by atoms with Crippen LogP contribution in [0.2, 0.25) is 5.02 Å². The molecule has 2 rings (SSSR count). The van der Waals surface area contributed by atoms with E-state index in [-0.39, 0.29) is 18.4 Å². The van der Waals surface area contributed by atoms with Crippen LogP contribution in [0.1, 0.15) is 59.6 Å². The first kappa shape index (κ1) is 24.3. The number of hydrogen-bond acceptors (Lipinski definition) is 4. The summed E-state index contributed by atoms with van der Waals surface area (Å²) in [4.78, 5) is 24.5. The van der Waals surface area contributed by atoms with Gasteiger partial charge in [-0.25, -0.2) is 0 Å². The first-order valence-corrected chi connectivity index (χ1v) is 11.6. The molecule has 4 nitrogen and oxygen atoms in total. The molecule has 0 unspecified atom stereocenters. The quantitative estimate of drug-likeness (QED) is 0.377. The lowest BCUT2D eigenvalue weighted by Crippen LogP contribution is -2.31. The van der Waals surface area contributed by atoms with Crippen molar-refractivity contribution in [3.63, 3.8) is 0 Å². The van der Waals surface area contributed by atoms with Crippen LogP contribution in [0.25, 0.3) is 0 Å². The molecule has 1 aromatic heterocycles. The molecule has 2 aromatic rings. The fraction of sp³-hybridized carbons (Fsp3) is 0.458. The van der Waals surface area contributed by atoms with E-state index in [9.17, 15) is 4.79 Å². The van der Waals surface area contributed by atoms with Gasteiger partial charge in [0.1, 0.15) is 0 Å². The van der Waals surface area contributed by atoms with E-state index in [1.807, 2.05) is 31.2 Å². The molecule has 1 amide bonds. The van der Waals surface area contributed by atoms with Gasteiger partial charge in [0, 0.05) is 45.2 Å². The maximum absolute atomic E-state index is 12.5. The number of nitrogens with one attached hydrogen (secondary N) is 1. The number of amides is 1. The second-order valence-corrected chi connectivity index (χ2v) is 9.35. The number of aliphatic imine (C=N–C) groups is 2. The van der Waals surface area contributed by atoms with Crippen LogP contribution in [-0.4, -0.2) is 37.0 Å². The highest BCUT2D eigenvalue weighted by molar-refractivity contribution is 7.12. The van der Waals surface area contributed by atoms with Gasteiger partial charge in [0.2, 0.25) is 5.91 Å². The summed E-state index contributed by atoms with van der Waals surface area (Å²) in [5.41, 5.74) is 5.09. The monoisotopic (exact) mass is 445 g/mol. The Labute approximate surface area is 189 Å². The summed E-state index contributed by atoms with van der Waals surface area (Å²) < 4.78 is 0. The average molecular weight is 446 g/mol. The molecule has 1 N–H and O–H groups in total. The van der Waals surface area contributed by atoms with E-state index in [1.54, 1.807) is 18.4 Å². The molecule has 0 spiro atoms. The third-order valence-electron chi connectivity index (χ3n) is 5.27. The molecule has 0 radical (unpaired) electrons. The van der Waals surface area contributed by atoms with Crippen molar-refractivity contribution in [3.8, 4) is 0 Å². The maximum Gasteiger partial charge on any atom is 0.222 e. The van der Waals surface area contributed by atoms with E-state index in [0.717, 1.165) is 35.4 Å². The SMILES string of the molecule is CCCCNC(=O)C[C@H](N=C(c1ccc(Cl)cc1)c1c(C)sc(C)c1C)C(C)=NC. The van der Waals surface area contributed by atoms with Crippen LogP contribution in [0.15, 0.2) is 34.3 Å². The summed E-state index contributed by atoms with van der Waals surface area (Å²) in [5.74, 6) is 0.00518. The normalized spacial score (nSPS) is 13.4. The molecule has 30 heavy (non-hydrogen) atoms. The summed E-state index contributed by atoms with van der Waals surface area (Å²) in [6.45, 7) is 11.1. The van der Waals surface area contributed by atoms with Gasteiger partial charge < -0.3 is 5.32 Å². The van der Waals surface area contributed by atoms with Crippen molar-refractivity contribution < 1.29 is 4.79 Å². The van der Waals surface area contributed by atoms with E-state index in [4.69, 9.17) is 16.6 Å². The predicted molar refractivity (Wildman–Crippen MR) is 131 cm³/mol. The number of halogens is 1. The van der Waals surface area contributed by atoms with Gasteiger partial charge in [0.05, 0.1) is 18.2 Å². The molecule has 162 valence electrons. The fourth-order valence-corrected chi connectivity index (χ4v) is 4.47. The number of rotatable bonds is 9. The van der Waals surface area contributed by atoms with Crippen LogP contribution in [0.3, 0.4) is 0 Å². The van der Waals surface area contributed by atoms with E-state index in [2.05, 4.69) is 38.0 Å². The smallest absolute Gasteiger partial charge is 0.222 e. The van der Waals surface area contributed by atoms with Gasteiger partial charge in [-0.3, -0.25) is 14.8 Å². The summed E-state index contributed by atoms with van der Waals surface area (Å²) in [7, 11) is 1.75. The Hall–Kier alpha value is -1.98. The summed E-state index contributed by atoms with van der Waals surface area (Å²) in [6.07, 6.45) is 2.31. The molecule has 1 heterocycles. The minimum atomic E-state index is -0.318. The highest BCUT2D eigenvalue weighted by Gasteiger charge is 2.21. The largest absolute Gasteiger partial charge is 0.356 e. The van der Waals surface area contributed by atoms with Crippen LogP contribution in [0, 0.1) is 20.8 Å². The highest BCUT2D eigenvalue weighted by Crippen LogP contribution is 2.30. The van der Waals surface area contributed by atoms with Gasteiger partial charge in [-0.15, -0.1) is 11.3 Å². The topological polar surface area (TPSA) is 53.8 Å². The molecule has 0 aliphatic carbocycles. The van der Waals surface area contributed by atoms with Gasteiger partial charge in [0.25, 0.3) is 0 Å². The van der Waals surface area contributed by atoms with E-state index >= 15 is 0 Å². The van der Waals surface area contributed by atoms with Crippen molar-refractivity contribution in [1.29, 1.82) is 0 Å². The predicted octanol–water partition coefficient (Wildman–Crippen LogP) is 5.93. The number of thiophene rings is 1. The molecule has 0 aliphatic rings. The van der Waals surface area contributed by atoms with Crippen LogP contribution in [0.4, 0.5) is 0 Å². The Morgan fingerprint density at radius 3 is 2.37 bits per heavy atom. The van der Waals surface area contributed by atoms with Gasteiger partial charge in [-0.2, -0.15) is 0 Å². The van der Waals surface area contributed by atoms with Crippen molar-refractivity contribution in [2.24, 2.45) is 9.98 Å². The molecule has 0 saturated carbocycles. The molecule has 1 aromatic carbocycles. The molecule has 0 bridgehead atoms. The van der Waals surface area contributed by atoms with Gasteiger partial charge in [0.15, 0.2) is 0 Å². The minimum absolute atomic E-state index is 0.00518. The molecular formula is C24H32ClN3OS. The first-order valence-electron chi connectivity index (χ1n) is 10.4. The second-order valence-electron chi connectivity index (χ2n) is 7.49. The number of nitrogens with zero attached hydrogens (tertiary/aromatic N) is 2. The van der Waals surface area contributed by atoms with Crippen molar-refractivity contribution in [3.05, 3.63) is 55.7 Å². The maximum atomic E-state index is 12.5. The zero-order valence-electron chi connectivity index (χ0n) is 18.8. The molecule has 0 saturated heterocycles.